The average molecular weight is 402 g/mol. The van der Waals surface area contributed by atoms with Crippen molar-refractivity contribution in [3.63, 3.8) is 0 Å². The van der Waals surface area contributed by atoms with Crippen molar-refractivity contribution in [1.82, 2.24) is 15.0 Å². The molecule has 27 heavy (non-hydrogen) atoms. The average Bonchev–Trinajstić information content (AvgIpc) is 3.12. The molecule has 0 saturated carbocycles. The van der Waals surface area contributed by atoms with Crippen LogP contribution in [0.15, 0.2) is 57.9 Å². The highest BCUT2D eigenvalue weighted by Gasteiger charge is 2.21. The zero-order valence-corrected chi connectivity index (χ0v) is 16.9. The second-order valence-corrected chi connectivity index (χ2v) is 8.14. The fourth-order valence-electron chi connectivity index (χ4n) is 2.50. The summed E-state index contributed by atoms with van der Waals surface area (Å²) in [5.41, 5.74) is 2.05. The standard InChI is InChI=1S/C20H20ClN3O2S/c1-13-4-6-15(7-5-13)19-22-18(26-23-19)12-24(3)20(25)14(2)27-17-10-8-16(21)9-11-17/h4-11,14H,12H2,1-3H3. The molecule has 3 aromatic rings. The van der Waals surface area contributed by atoms with Gasteiger partial charge in [-0.15, -0.1) is 11.8 Å². The first-order valence-corrected chi connectivity index (χ1v) is 9.75. The summed E-state index contributed by atoms with van der Waals surface area (Å²) in [6, 6.07) is 15.3. The monoisotopic (exact) mass is 401 g/mol. The van der Waals surface area contributed by atoms with Crippen LogP contribution in [-0.4, -0.2) is 33.2 Å². The largest absolute Gasteiger partial charge is 0.337 e. The second-order valence-electron chi connectivity index (χ2n) is 6.29. The molecule has 7 heteroatoms. The van der Waals surface area contributed by atoms with Crippen LogP contribution in [0.1, 0.15) is 18.4 Å². The summed E-state index contributed by atoms with van der Waals surface area (Å²) in [5, 5.41) is 4.44. The van der Waals surface area contributed by atoms with Crippen molar-refractivity contribution in [3.05, 3.63) is 65.0 Å². The molecule has 1 aromatic heterocycles. The fraction of sp³-hybridized carbons (Fsp3) is 0.250. The fourth-order valence-corrected chi connectivity index (χ4v) is 3.61. The van der Waals surface area contributed by atoms with E-state index in [1.165, 1.54) is 17.3 Å². The van der Waals surface area contributed by atoms with Crippen molar-refractivity contribution >= 4 is 29.3 Å². The van der Waals surface area contributed by atoms with Gasteiger partial charge in [-0.2, -0.15) is 4.98 Å². The van der Waals surface area contributed by atoms with E-state index in [2.05, 4.69) is 10.1 Å². The number of hydrogen-bond acceptors (Lipinski definition) is 5. The second kappa shape index (κ2) is 8.59. The van der Waals surface area contributed by atoms with Gasteiger partial charge in [-0.25, -0.2) is 0 Å². The lowest BCUT2D eigenvalue weighted by Crippen LogP contribution is -2.32. The number of hydrogen-bond donors (Lipinski definition) is 0. The summed E-state index contributed by atoms with van der Waals surface area (Å²) in [6.07, 6.45) is 0. The van der Waals surface area contributed by atoms with Crippen LogP contribution in [0, 0.1) is 6.92 Å². The Balaban J connectivity index is 1.60. The van der Waals surface area contributed by atoms with E-state index in [-0.39, 0.29) is 17.7 Å². The zero-order chi connectivity index (χ0) is 19.4. The van der Waals surface area contributed by atoms with Gasteiger partial charge in [0.1, 0.15) is 0 Å². The SMILES string of the molecule is Cc1ccc(-c2noc(CN(C)C(=O)C(C)Sc3ccc(Cl)cc3)n2)cc1. The first-order valence-electron chi connectivity index (χ1n) is 8.49. The quantitative estimate of drug-likeness (QED) is 0.553. The number of aromatic nitrogens is 2. The lowest BCUT2D eigenvalue weighted by atomic mass is 10.1. The van der Waals surface area contributed by atoms with Gasteiger partial charge in [0.15, 0.2) is 0 Å². The molecule has 0 aliphatic heterocycles. The molecule has 1 heterocycles. The highest BCUT2D eigenvalue weighted by molar-refractivity contribution is 8.00. The number of thioether (sulfide) groups is 1. The number of amides is 1. The van der Waals surface area contributed by atoms with Crippen molar-refractivity contribution in [2.24, 2.45) is 0 Å². The molecule has 0 aliphatic carbocycles. The molecule has 1 unspecified atom stereocenters. The van der Waals surface area contributed by atoms with Crippen LogP contribution < -0.4 is 0 Å². The lowest BCUT2D eigenvalue weighted by Gasteiger charge is -2.19. The molecule has 3 rings (SSSR count). The van der Waals surface area contributed by atoms with Crippen molar-refractivity contribution in [1.29, 1.82) is 0 Å². The number of carbonyl (C=O) groups is 1. The molecule has 0 saturated heterocycles. The Kier molecular flexibility index (Phi) is 6.19. The Morgan fingerprint density at radius 3 is 2.52 bits per heavy atom. The van der Waals surface area contributed by atoms with E-state index in [4.69, 9.17) is 16.1 Å². The van der Waals surface area contributed by atoms with Gasteiger partial charge >= 0.3 is 0 Å². The highest BCUT2D eigenvalue weighted by Crippen LogP contribution is 2.26. The van der Waals surface area contributed by atoms with Gasteiger partial charge in [0, 0.05) is 22.5 Å². The molecule has 1 atom stereocenters. The van der Waals surface area contributed by atoms with Crippen LogP contribution in [0.3, 0.4) is 0 Å². The normalized spacial score (nSPS) is 12.0. The van der Waals surface area contributed by atoms with Crippen LogP contribution in [0.5, 0.6) is 0 Å². The number of carbonyl (C=O) groups excluding carboxylic acids is 1. The summed E-state index contributed by atoms with van der Waals surface area (Å²) in [6.45, 7) is 4.17. The minimum atomic E-state index is -0.240. The summed E-state index contributed by atoms with van der Waals surface area (Å²) < 4.78 is 5.30. The van der Waals surface area contributed by atoms with E-state index >= 15 is 0 Å². The van der Waals surface area contributed by atoms with Crippen LogP contribution in [-0.2, 0) is 11.3 Å². The van der Waals surface area contributed by atoms with Gasteiger partial charge in [0.05, 0.1) is 11.8 Å². The molecule has 0 radical (unpaired) electrons. The van der Waals surface area contributed by atoms with Crippen LogP contribution in [0.25, 0.3) is 11.4 Å². The Bertz CT molecular complexity index is 910. The molecule has 1 amide bonds. The number of halogens is 1. The number of benzene rings is 2. The van der Waals surface area contributed by atoms with Crippen molar-refractivity contribution in [2.45, 2.75) is 30.5 Å². The number of aryl methyl sites for hydroxylation is 1. The molecule has 0 bridgehead atoms. The molecule has 0 fully saturated rings. The smallest absolute Gasteiger partial charge is 0.246 e. The van der Waals surface area contributed by atoms with Crippen LogP contribution in [0.2, 0.25) is 5.02 Å². The minimum absolute atomic E-state index is 0.00923. The Hall–Kier alpha value is -2.31. The number of rotatable bonds is 6. The Morgan fingerprint density at radius 1 is 1.19 bits per heavy atom. The van der Waals surface area contributed by atoms with E-state index in [0.717, 1.165) is 10.5 Å². The van der Waals surface area contributed by atoms with E-state index in [9.17, 15) is 4.79 Å². The summed E-state index contributed by atoms with van der Waals surface area (Å²) in [7, 11) is 1.73. The Labute approximate surface area is 167 Å². The molecule has 0 spiro atoms. The predicted octanol–water partition coefficient (Wildman–Crippen LogP) is 4.84. The van der Waals surface area contributed by atoms with E-state index in [0.29, 0.717) is 16.7 Å². The maximum absolute atomic E-state index is 12.6. The van der Waals surface area contributed by atoms with Crippen molar-refractivity contribution in [3.8, 4) is 11.4 Å². The highest BCUT2D eigenvalue weighted by atomic mass is 35.5. The Morgan fingerprint density at radius 2 is 1.85 bits per heavy atom. The summed E-state index contributed by atoms with van der Waals surface area (Å²) in [5.74, 6) is 0.921. The first kappa shape index (κ1) is 19.5. The third-order valence-electron chi connectivity index (χ3n) is 4.00. The van der Waals surface area contributed by atoms with E-state index < -0.39 is 0 Å². The first-order chi connectivity index (χ1) is 12.9. The molecule has 5 nitrogen and oxygen atoms in total. The summed E-state index contributed by atoms with van der Waals surface area (Å²) >= 11 is 7.38. The molecular formula is C20H20ClN3O2S. The summed E-state index contributed by atoms with van der Waals surface area (Å²) in [4.78, 5) is 19.6. The van der Waals surface area contributed by atoms with Gasteiger partial charge in [-0.1, -0.05) is 46.6 Å². The maximum Gasteiger partial charge on any atom is 0.246 e. The van der Waals surface area contributed by atoms with E-state index in [1.807, 2.05) is 62.4 Å². The molecule has 0 N–H and O–H groups in total. The zero-order valence-electron chi connectivity index (χ0n) is 15.3. The van der Waals surface area contributed by atoms with Gasteiger partial charge in [-0.3, -0.25) is 4.79 Å². The van der Waals surface area contributed by atoms with Crippen molar-refractivity contribution < 1.29 is 9.32 Å². The van der Waals surface area contributed by atoms with E-state index in [1.54, 1.807) is 11.9 Å². The maximum atomic E-state index is 12.6. The molecule has 2 aromatic carbocycles. The van der Waals surface area contributed by atoms with Gasteiger partial charge < -0.3 is 9.42 Å². The van der Waals surface area contributed by atoms with Crippen LogP contribution in [0.4, 0.5) is 0 Å². The third kappa shape index (κ3) is 5.11. The topological polar surface area (TPSA) is 59.2 Å². The minimum Gasteiger partial charge on any atom is -0.337 e. The molecular weight excluding hydrogens is 382 g/mol. The van der Waals surface area contributed by atoms with Crippen LogP contribution >= 0.6 is 23.4 Å². The lowest BCUT2D eigenvalue weighted by molar-refractivity contribution is -0.129. The van der Waals surface area contributed by atoms with Crippen molar-refractivity contribution in [2.75, 3.05) is 7.05 Å². The third-order valence-corrected chi connectivity index (χ3v) is 5.35. The molecule has 0 aliphatic rings. The predicted molar refractivity (Wildman–Crippen MR) is 108 cm³/mol. The van der Waals surface area contributed by atoms with Gasteiger partial charge in [0.25, 0.3) is 0 Å². The number of nitrogens with zero attached hydrogens (tertiary/aromatic N) is 3. The van der Waals surface area contributed by atoms with Gasteiger partial charge in [-0.05, 0) is 38.1 Å². The molecule has 140 valence electrons. The van der Waals surface area contributed by atoms with Gasteiger partial charge in [0.2, 0.25) is 17.6 Å².